The summed E-state index contributed by atoms with van der Waals surface area (Å²) in [5.74, 6) is 0.805. The maximum atomic E-state index is 12.5. The van der Waals surface area contributed by atoms with E-state index in [2.05, 4.69) is 48.0 Å². The van der Waals surface area contributed by atoms with Crippen molar-refractivity contribution in [3.63, 3.8) is 0 Å². The fourth-order valence-corrected chi connectivity index (χ4v) is 4.10. The first-order valence-corrected chi connectivity index (χ1v) is 10.3. The van der Waals surface area contributed by atoms with Gasteiger partial charge in [-0.15, -0.1) is 11.3 Å². The molecule has 0 saturated carbocycles. The van der Waals surface area contributed by atoms with Crippen LogP contribution in [-0.4, -0.2) is 15.5 Å². The van der Waals surface area contributed by atoms with Crippen molar-refractivity contribution < 1.29 is 4.79 Å². The lowest BCUT2D eigenvalue weighted by Crippen LogP contribution is -2.28. The van der Waals surface area contributed by atoms with E-state index in [9.17, 15) is 4.79 Å². The van der Waals surface area contributed by atoms with Gasteiger partial charge in [-0.2, -0.15) is 0 Å². The number of nitrogens with zero attached hydrogens (tertiary/aromatic N) is 2. The van der Waals surface area contributed by atoms with E-state index in [4.69, 9.17) is 4.98 Å². The first kappa shape index (κ1) is 18.4. The SMILES string of the molecule is Cc1ccc(C)c(Cn2c(C(C)NC(=O)c3cccs3)nc3ccccc32)c1. The van der Waals surface area contributed by atoms with Crippen molar-refractivity contribution in [3.05, 3.63) is 87.4 Å². The molecule has 0 saturated heterocycles. The lowest BCUT2D eigenvalue weighted by Gasteiger charge is -2.17. The second-order valence-electron chi connectivity index (χ2n) is 7.15. The average Bonchev–Trinajstić information content (AvgIpc) is 3.33. The summed E-state index contributed by atoms with van der Waals surface area (Å²) in [7, 11) is 0. The molecule has 0 aliphatic rings. The van der Waals surface area contributed by atoms with Crippen LogP contribution in [0.4, 0.5) is 0 Å². The first-order chi connectivity index (χ1) is 13.5. The number of carbonyl (C=O) groups is 1. The number of para-hydroxylation sites is 2. The molecule has 0 fully saturated rings. The molecule has 1 atom stereocenters. The third-order valence-corrected chi connectivity index (χ3v) is 5.87. The Balaban J connectivity index is 1.72. The smallest absolute Gasteiger partial charge is 0.261 e. The van der Waals surface area contributed by atoms with Gasteiger partial charge in [-0.3, -0.25) is 4.79 Å². The van der Waals surface area contributed by atoms with E-state index in [-0.39, 0.29) is 11.9 Å². The molecule has 2 aromatic heterocycles. The van der Waals surface area contributed by atoms with Gasteiger partial charge in [0.25, 0.3) is 5.91 Å². The summed E-state index contributed by atoms with van der Waals surface area (Å²) in [6.45, 7) is 6.96. The molecule has 2 heterocycles. The second kappa shape index (κ2) is 7.60. The molecule has 1 N–H and O–H groups in total. The number of rotatable bonds is 5. The van der Waals surface area contributed by atoms with Gasteiger partial charge in [0.1, 0.15) is 5.82 Å². The number of aromatic nitrogens is 2. The van der Waals surface area contributed by atoms with Crippen LogP contribution in [0, 0.1) is 13.8 Å². The van der Waals surface area contributed by atoms with Crippen LogP contribution in [-0.2, 0) is 6.54 Å². The van der Waals surface area contributed by atoms with Crippen LogP contribution in [0.5, 0.6) is 0 Å². The van der Waals surface area contributed by atoms with Crippen molar-refractivity contribution in [2.75, 3.05) is 0 Å². The van der Waals surface area contributed by atoms with Crippen LogP contribution < -0.4 is 5.32 Å². The van der Waals surface area contributed by atoms with E-state index in [0.29, 0.717) is 4.88 Å². The van der Waals surface area contributed by atoms with Crippen LogP contribution >= 0.6 is 11.3 Å². The Hall–Kier alpha value is -2.92. The van der Waals surface area contributed by atoms with E-state index < -0.39 is 0 Å². The number of carbonyl (C=O) groups excluding carboxylic acids is 1. The van der Waals surface area contributed by atoms with Crippen LogP contribution in [0.3, 0.4) is 0 Å². The van der Waals surface area contributed by atoms with Gasteiger partial charge in [-0.05, 0) is 55.5 Å². The zero-order valence-electron chi connectivity index (χ0n) is 16.3. The molecule has 4 aromatic rings. The number of hydrogen-bond acceptors (Lipinski definition) is 3. The van der Waals surface area contributed by atoms with Crippen LogP contribution in [0.2, 0.25) is 0 Å². The molecule has 142 valence electrons. The van der Waals surface area contributed by atoms with E-state index in [0.717, 1.165) is 23.4 Å². The lowest BCUT2D eigenvalue weighted by molar-refractivity contribution is 0.0942. The minimum atomic E-state index is -0.202. The molecule has 0 aliphatic heterocycles. The fraction of sp³-hybridized carbons (Fsp3) is 0.217. The van der Waals surface area contributed by atoms with Crippen molar-refractivity contribution in [3.8, 4) is 0 Å². The zero-order chi connectivity index (χ0) is 19.7. The molecule has 1 amide bonds. The predicted octanol–water partition coefficient (Wildman–Crippen LogP) is 5.25. The average molecular weight is 390 g/mol. The van der Waals surface area contributed by atoms with E-state index >= 15 is 0 Å². The van der Waals surface area contributed by atoms with Crippen molar-refractivity contribution >= 4 is 28.3 Å². The van der Waals surface area contributed by atoms with Gasteiger partial charge in [0.15, 0.2) is 0 Å². The Labute approximate surface area is 168 Å². The highest BCUT2D eigenvalue weighted by Crippen LogP contribution is 2.24. The molecule has 4 nitrogen and oxygen atoms in total. The highest BCUT2D eigenvalue weighted by atomic mass is 32.1. The molecule has 2 aromatic carbocycles. The summed E-state index contributed by atoms with van der Waals surface area (Å²) < 4.78 is 2.22. The van der Waals surface area contributed by atoms with Gasteiger partial charge in [0.05, 0.1) is 22.0 Å². The largest absolute Gasteiger partial charge is 0.342 e. The zero-order valence-corrected chi connectivity index (χ0v) is 17.1. The number of nitrogens with one attached hydrogen (secondary N) is 1. The van der Waals surface area contributed by atoms with Gasteiger partial charge < -0.3 is 9.88 Å². The van der Waals surface area contributed by atoms with Crippen molar-refractivity contribution in [1.82, 2.24) is 14.9 Å². The van der Waals surface area contributed by atoms with Crippen LogP contribution in [0.15, 0.2) is 60.0 Å². The summed E-state index contributed by atoms with van der Waals surface area (Å²) in [5.41, 5.74) is 5.78. The number of amides is 1. The quantitative estimate of drug-likeness (QED) is 0.506. The summed E-state index contributed by atoms with van der Waals surface area (Å²) in [5, 5.41) is 5.01. The Bertz CT molecular complexity index is 1130. The van der Waals surface area contributed by atoms with Crippen molar-refractivity contribution in [2.45, 2.75) is 33.4 Å². The fourth-order valence-electron chi connectivity index (χ4n) is 3.47. The number of benzene rings is 2. The molecule has 0 radical (unpaired) electrons. The highest BCUT2D eigenvalue weighted by molar-refractivity contribution is 7.12. The number of aryl methyl sites for hydroxylation is 2. The Kier molecular flexibility index (Phi) is 5.01. The summed E-state index contributed by atoms with van der Waals surface area (Å²) in [6, 6.07) is 18.2. The summed E-state index contributed by atoms with van der Waals surface area (Å²) in [6.07, 6.45) is 0. The van der Waals surface area contributed by atoms with E-state index in [1.807, 2.05) is 42.6 Å². The second-order valence-corrected chi connectivity index (χ2v) is 8.09. The molecule has 28 heavy (non-hydrogen) atoms. The van der Waals surface area contributed by atoms with Crippen LogP contribution in [0.1, 0.15) is 45.2 Å². The molecule has 0 spiro atoms. The maximum Gasteiger partial charge on any atom is 0.261 e. The third kappa shape index (κ3) is 3.58. The first-order valence-electron chi connectivity index (χ1n) is 9.38. The normalized spacial score (nSPS) is 12.2. The molecular weight excluding hydrogens is 366 g/mol. The number of fused-ring (bicyclic) bond motifs is 1. The standard InChI is InChI=1S/C23H23N3OS/c1-15-10-11-16(2)18(13-15)14-26-20-8-5-4-7-19(20)25-22(26)17(3)24-23(27)21-9-6-12-28-21/h4-13,17H,14H2,1-3H3,(H,24,27). The van der Waals surface area contributed by atoms with Crippen molar-refractivity contribution in [2.24, 2.45) is 0 Å². The van der Waals surface area contributed by atoms with E-state index in [1.165, 1.54) is 28.0 Å². The Morgan fingerprint density at radius 3 is 2.75 bits per heavy atom. The molecule has 5 heteroatoms. The number of thiophene rings is 1. The number of hydrogen-bond donors (Lipinski definition) is 1. The van der Waals surface area contributed by atoms with Gasteiger partial charge in [0.2, 0.25) is 0 Å². The Morgan fingerprint density at radius 1 is 1.14 bits per heavy atom. The predicted molar refractivity (Wildman–Crippen MR) is 115 cm³/mol. The molecule has 0 bridgehead atoms. The summed E-state index contributed by atoms with van der Waals surface area (Å²) in [4.78, 5) is 18.1. The van der Waals surface area contributed by atoms with Gasteiger partial charge in [-0.25, -0.2) is 4.98 Å². The van der Waals surface area contributed by atoms with Gasteiger partial charge in [0, 0.05) is 6.54 Å². The molecule has 1 unspecified atom stereocenters. The third-order valence-electron chi connectivity index (χ3n) is 5.00. The monoisotopic (exact) mass is 389 g/mol. The van der Waals surface area contributed by atoms with Crippen LogP contribution in [0.25, 0.3) is 11.0 Å². The highest BCUT2D eigenvalue weighted by Gasteiger charge is 2.20. The lowest BCUT2D eigenvalue weighted by atomic mass is 10.1. The summed E-state index contributed by atoms with van der Waals surface area (Å²) >= 11 is 1.44. The minimum Gasteiger partial charge on any atom is -0.342 e. The molecule has 4 rings (SSSR count). The van der Waals surface area contributed by atoms with Gasteiger partial charge in [-0.1, -0.05) is 42.0 Å². The van der Waals surface area contributed by atoms with Crippen molar-refractivity contribution in [1.29, 1.82) is 0 Å². The van der Waals surface area contributed by atoms with E-state index in [1.54, 1.807) is 0 Å². The molecule has 0 aliphatic carbocycles. The Morgan fingerprint density at radius 2 is 1.96 bits per heavy atom. The number of imidazole rings is 1. The maximum absolute atomic E-state index is 12.5. The van der Waals surface area contributed by atoms with Gasteiger partial charge >= 0.3 is 0 Å². The molecular formula is C23H23N3OS. The minimum absolute atomic E-state index is 0.0622. The topological polar surface area (TPSA) is 46.9 Å².